The first kappa shape index (κ1) is 13.6. The van der Waals surface area contributed by atoms with Crippen LogP contribution in [0.25, 0.3) is 38.6 Å². The first-order valence-corrected chi connectivity index (χ1v) is 11.6. The van der Waals surface area contributed by atoms with Gasteiger partial charge in [0.15, 0.2) is 0 Å². The molecule has 0 aliphatic carbocycles. The average Bonchev–Trinajstić information content (AvgIpc) is 3.28. The number of fused-ring (bicyclic) bond motifs is 8. The van der Waals surface area contributed by atoms with Crippen LogP contribution in [0.15, 0.2) is 119 Å². The van der Waals surface area contributed by atoms with Crippen molar-refractivity contribution in [3.05, 3.63) is 109 Å². The van der Waals surface area contributed by atoms with E-state index in [1.807, 2.05) is 18.2 Å². The molecule has 6 aromatic rings. The lowest BCUT2D eigenvalue weighted by molar-refractivity contribution is 1.07. The average molecular weight is 444 g/mol. The van der Waals surface area contributed by atoms with Crippen molar-refractivity contribution < 1.29 is 6.85 Å². The van der Waals surface area contributed by atoms with Gasteiger partial charge in [-0.05, 0) is 53.6 Å². The molecule has 0 radical (unpaired) electrons. The van der Waals surface area contributed by atoms with E-state index in [1.54, 1.807) is 11.8 Å². The van der Waals surface area contributed by atoms with Gasteiger partial charge in [-0.15, -0.1) is 0 Å². The maximum Gasteiger partial charge on any atom is 0.0851 e. The van der Waals surface area contributed by atoms with E-state index < -0.39 is 0 Å². The summed E-state index contributed by atoms with van der Waals surface area (Å²) in [4.78, 5) is 4.75. The van der Waals surface area contributed by atoms with Crippen LogP contribution >= 0.6 is 11.8 Å². The fraction of sp³-hybridized carbons (Fsp3) is 0. The lowest BCUT2D eigenvalue weighted by Gasteiger charge is -2.38. The fourth-order valence-corrected chi connectivity index (χ4v) is 6.30. The number of nitrogens with zero attached hydrogens (tertiary/aromatic N) is 2. The van der Waals surface area contributed by atoms with Gasteiger partial charge in [-0.25, -0.2) is 0 Å². The molecule has 0 spiro atoms. The molecule has 3 heteroatoms. The SMILES string of the molecule is [2H]c1c([2H])c([2H])c(-c2ccc3c(c2)c2ccc4c5c2n3-c2ccccc2N5c2ccccc2S4)c([2H])c1[2H]. The molecule has 33 heavy (non-hydrogen) atoms. The molecule has 0 fully saturated rings. The maximum atomic E-state index is 8.50. The summed E-state index contributed by atoms with van der Waals surface area (Å²) in [7, 11) is 0. The molecule has 0 bridgehead atoms. The van der Waals surface area contributed by atoms with Crippen molar-refractivity contribution in [2.45, 2.75) is 9.79 Å². The molecule has 8 rings (SSSR count). The molecule has 0 amide bonds. The first-order chi connectivity index (χ1) is 18.5. The Labute approximate surface area is 202 Å². The molecule has 2 nitrogen and oxygen atoms in total. The summed E-state index contributed by atoms with van der Waals surface area (Å²) in [5.41, 5.74) is 7.43. The van der Waals surface area contributed by atoms with Crippen molar-refractivity contribution in [1.82, 2.24) is 4.57 Å². The smallest absolute Gasteiger partial charge is 0.0851 e. The maximum absolute atomic E-state index is 8.50. The highest BCUT2D eigenvalue weighted by atomic mass is 32.2. The first-order valence-electron chi connectivity index (χ1n) is 13.3. The normalized spacial score (nSPS) is 15.4. The van der Waals surface area contributed by atoms with Crippen LogP contribution in [0.1, 0.15) is 6.85 Å². The second-order valence-electron chi connectivity index (χ2n) is 8.27. The fourth-order valence-electron chi connectivity index (χ4n) is 5.23. The van der Waals surface area contributed by atoms with Gasteiger partial charge in [-0.3, -0.25) is 0 Å². The van der Waals surface area contributed by atoms with Gasteiger partial charge in [-0.1, -0.05) is 78.4 Å². The molecule has 5 aromatic carbocycles. The highest BCUT2D eigenvalue weighted by Gasteiger charge is 2.34. The minimum Gasteiger partial charge on any atom is -0.305 e. The second kappa shape index (κ2) is 6.31. The van der Waals surface area contributed by atoms with Gasteiger partial charge in [-0.2, -0.15) is 0 Å². The summed E-state index contributed by atoms with van der Waals surface area (Å²) in [5.74, 6) is 0. The molecule has 154 valence electrons. The number of para-hydroxylation sites is 3. The number of rotatable bonds is 1. The summed E-state index contributed by atoms with van der Waals surface area (Å²) < 4.78 is 43.6. The van der Waals surface area contributed by atoms with Crippen LogP contribution in [0, 0.1) is 0 Å². The molecule has 2 aliphatic heterocycles. The predicted octanol–water partition coefficient (Wildman–Crippen LogP) is 8.70. The Morgan fingerprint density at radius 1 is 0.636 bits per heavy atom. The van der Waals surface area contributed by atoms with Gasteiger partial charge in [0.2, 0.25) is 0 Å². The molecule has 1 aromatic heterocycles. The molecule has 2 aliphatic rings. The molecular weight excluding hydrogens is 420 g/mol. The number of hydrogen-bond donors (Lipinski definition) is 0. The predicted molar refractivity (Wildman–Crippen MR) is 139 cm³/mol. The monoisotopic (exact) mass is 443 g/mol. The molecule has 0 unspecified atom stereocenters. The number of aromatic nitrogens is 1. The molecule has 0 atom stereocenters. The van der Waals surface area contributed by atoms with Crippen LogP contribution in [-0.2, 0) is 0 Å². The van der Waals surface area contributed by atoms with Crippen LogP contribution in [0.3, 0.4) is 0 Å². The lowest BCUT2D eigenvalue weighted by atomic mass is 10.0. The Bertz CT molecular complexity index is 2000. The van der Waals surface area contributed by atoms with Crippen molar-refractivity contribution in [1.29, 1.82) is 0 Å². The summed E-state index contributed by atoms with van der Waals surface area (Å²) in [6, 6.07) is 25.6. The van der Waals surface area contributed by atoms with E-state index in [0.717, 1.165) is 44.6 Å². The third-order valence-electron chi connectivity index (χ3n) is 6.57. The van der Waals surface area contributed by atoms with Gasteiger partial charge in [0.1, 0.15) is 0 Å². The molecule has 0 N–H and O–H groups in total. The summed E-state index contributed by atoms with van der Waals surface area (Å²) in [5, 5.41) is 2.04. The second-order valence-corrected chi connectivity index (χ2v) is 9.35. The van der Waals surface area contributed by atoms with E-state index >= 15 is 0 Å². The standard InChI is InChI=1S/C30H18N2S/c1-2-8-19(9-3-1)20-14-16-23-22(18-20)21-15-17-28-30-29(21)31(23)24-10-4-5-11-25(24)32(30)26-12-6-7-13-27(26)33-28/h1-18H/i1D,2D,3D,8D,9D. The lowest BCUT2D eigenvalue weighted by Crippen LogP contribution is -2.21. The summed E-state index contributed by atoms with van der Waals surface area (Å²) >= 11 is 1.77. The number of hydrogen-bond acceptors (Lipinski definition) is 2. The van der Waals surface area contributed by atoms with Crippen LogP contribution < -0.4 is 4.90 Å². The largest absolute Gasteiger partial charge is 0.305 e. The molecule has 3 heterocycles. The van der Waals surface area contributed by atoms with Gasteiger partial charge < -0.3 is 9.47 Å². The third-order valence-corrected chi connectivity index (χ3v) is 7.68. The van der Waals surface area contributed by atoms with E-state index in [9.17, 15) is 0 Å². The minimum absolute atomic E-state index is 0.190. The van der Waals surface area contributed by atoms with Crippen molar-refractivity contribution in [2.75, 3.05) is 4.90 Å². The van der Waals surface area contributed by atoms with Crippen molar-refractivity contribution in [3.63, 3.8) is 0 Å². The third kappa shape index (κ3) is 2.25. The minimum atomic E-state index is -0.381. The van der Waals surface area contributed by atoms with Crippen molar-refractivity contribution >= 4 is 50.6 Å². The highest BCUT2D eigenvalue weighted by Crippen LogP contribution is 2.58. The Morgan fingerprint density at radius 3 is 2.30 bits per heavy atom. The Morgan fingerprint density at radius 2 is 1.42 bits per heavy atom. The van der Waals surface area contributed by atoms with E-state index in [2.05, 4.69) is 70.1 Å². The van der Waals surface area contributed by atoms with E-state index in [1.165, 1.54) is 9.79 Å². The highest BCUT2D eigenvalue weighted by molar-refractivity contribution is 7.99. The topological polar surface area (TPSA) is 8.17 Å². The van der Waals surface area contributed by atoms with Gasteiger partial charge in [0.05, 0.1) is 40.6 Å². The van der Waals surface area contributed by atoms with Gasteiger partial charge in [0, 0.05) is 20.6 Å². The Kier molecular flexibility index (Phi) is 2.59. The Balaban J connectivity index is 1.49. The van der Waals surface area contributed by atoms with Crippen LogP contribution in [0.5, 0.6) is 0 Å². The van der Waals surface area contributed by atoms with Crippen LogP contribution in [-0.4, -0.2) is 4.57 Å². The zero-order chi connectivity index (χ0) is 25.9. The molecular formula is C30H18N2S. The summed E-state index contributed by atoms with van der Waals surface area (Å²) in [6.07, 6.45) is 0. The van der Waals surface area contributed by atoms with Crippen LogP contribution in [0.2, 0.25) is 0 Å². The quantitative estimate of drug-likeness (QED) is 0.251. The number of benzene rings is 5. The van der Waals surface area contributed by atoms with Crippen molar-refractivity contribution in [3.8, 4) is 16.8 Å². The zero-order valence-corrected chi connectivity index (χ0v) is 18.1. The van der Waals surface area contributed by atoms with E-state index in [-0.39, 0.29) is 35.8 Å². The van der Waals surface area contributed by atoms with E-state index in [4.69, 9.17) is 6.85 Å². The zero-order valence-electron chi connectivity index (χ0n) is 22.3. The van der Waals surface area contributed by atoms with Gasteiger partial charge >= 0.3 is 0 Å². The number of anilines is 3. The van der Waals surface area contributed by atoms with Gasteiger partial charge in [0.25, 0.3) is 0 Å². The van der Waals surface area contributed by atoms with Crippen molar-refractivity contribution in [2.24, 2.45) is 0 Å². The molecule has 0 saturated carbocycles. The summed E-state index contributed by atoms with van der Waals surface area (Å²) in [6.45, 7) is 0. The Hall–Kier alpha value is -3.95. The van der Waals surface area contributed by atoms with E-state index in [0.29, 0.717) is 5.56 Å². The molecule has 0 saturated heterocycles. The van der Waals surface area contributed by atoms with Crippen LogP contribution in [0.4, 0.5) is 17.1 Å².